The van der Waals surface area contributed by atoms with E-state index in [0.29, 0.717) is 0 Å². The SMILES string of the molecule is O=C(NCC(F)(F)F)Nc1cc(F)ccc1Cl. The van der Waals surface area contributed by atoms with Crippen LogP contribution in [0.4, 0.5) is 28.0 Å². The number of alkyl halides is 3. The molecule has 0 aliphatic carbocycles. The molecule has 8 heteroatoms. The second kappa shape index (κ2) is 5.22. The van der Waals surface area contributed by atoms with Gasteiger partial charge in [0.2, 0.25) is 0 Å². The summed E-state index contributed by atoms with van der Waals surface area (Å²) in [4.78, 5) is 11.0. The number of carbonyl (C=O) groups excluding carboxylic acids is 1. The third-order valence-electron chi connectivity index (χ3n) is 1.63. The summed E-state index contributed by atoms with van der Waals surface area (Å²) < 4.78 is 48.1. The molecule has 0 atom stereocenters. The fraction of sp³-hybridized carbons (Fsp3) is 0.222. The lowest BCUT2D eigenvalue weighted by atomic mass is 10.3. The van der Waals surface area contributed by atoms with Gasteiger partial charge >= 0.3 is 12.2 Å². The Bertz CT molecular complexity index is 422. The van der Waals surface area contributed by atoms with E-state index in [-0.39, 0.29) is 10.7 Å². The van der Waals surface area contributed by atoms with Gasteiger partial charge in [0.25, 0.3) is 0 Å². The molecule has 17 heavy (non-hydrogen) atoms. The zero-order valence-electron chi connectivity index (χ0n) is 8.24. The monoisotopic (exact) mass is 270 g/mol. The van der Waals surface area contributed by atoms with E-state index >= 15 is 0 Å². The molecule has 0 aliphatic heterocycles. The highest BCUT2D eigenvalue weighted by Crippen LogP contribution is 2.22. The van der Waals surface area contributed by atoms with E-state index in [4.69, 9.17) is 11.6 Å². The Morgan fingerprint density at radius 2 is 2.00 bits per heavy atom. The lowest BCUT2D eigenvalue weighted by Crippen LogP contribution is -2.36. The standard InChI is InChI=1S/C9H7ClF4N2O/c10-6-2-1-5(11)3-7(6)16-8(17)15-4-9(12,13)14/h1-3H,4H2,(H2,15,16,17). The molecule has 0 heterocycles. The quantitative estimate of drug-likeness (QED) is 0.796. The van der Waals surface area contributed by atoms with Crippen LogP contribution in [-0.2, 0) is 0 Å². The van der Waals surface area contributed by atoms with Gasteiger partial charge in [-0.25, -0.2) is 9.18 Å². The Labute approximate surface area is 98.8 Å². The number of rotatable bonds is 2. The largest absolute Gasteiger partial charge is 0.405 e. The number of amides is 2. The van der Waals surface area contributed by atoms with Crippen molar-refractivity contribution in [3.63, 3.8) is 0 Å². The van der Waals surface area contributed by atoms with Crippen molar-refractivity contribution in [3.05, 3.63) is 29.0 Å². The third-order valence-corrected chi connectivity index (χ3v) is 1.96. The molecule has 1 rings (SSSR count). The molecule has 3 nitrogen and oxygen atoms in total. The van der Waals surface area contributed by atoms with Crippen molar-refractivity contribution < 1.29 is 22.4 Å². The molecule has 2 N–H and O–H groups in total. The molecule has 0 aromatic heterocycles. The lowest BCUT2D eigenvalue weighted by Gasteiger charge is -2.10. The van der Waals surface area contributed by atoms with Gasteiger partial charge in [0, 0.05) is 0 Å². The molecular formula is C9H7ClF4N2O. The number of anilines is 1. The molecule has 1 aromatic rings. The summed E-state index contributed by atoms with van der Waals surface area (Å²) >= 11 is 5.60. The van der Waals surface area contributed by atoms with Crippen molar-refractivity contribution in [2.75, 3.05) is 11.9 Å². The molecule has 2 amide bonds. The zero-order valence-corrected chi connectivity index (χ0v) is 8.99. The summed E-state index contributed by atoms with van der Waals surface area (Å²) in [6.45, 7) is -1.48. The van der Waals surface area contributed by atoms with E-state index in [1.54, 1.807) is 5.32 Å². The van der Waals surface area contributed by atoms with Gasteiger partial charge in [-0.05, 0) is 18.2 Å². The highest BCUT2D eigenvalue weighted by atomic mass is 35.5. The minimum Gasteiger partial charge on any atom is -0.329 e. The number of hydrogen-bond donors (Lipinski definition) is 2. The van der Waals surface area contributed by atoms with Crippen LogP contribution < -0.4 is 10.6 Å². The van der Waals surface area contributed by atoms with Crippen LogP contribution in [0.3, 0.4) is 0 Å². The van der Waals surface area contributed by atoms with Crippen LogP contribution in [0.15, 0.2) is 18.2 Å². The van der Waals surface area contributed by atoms with Gasteiger partial charge in [0.1, 0.15) is 12.4 Å². The van der Waals surface area contributed by atoms with E-state index in [0.717, 1.165) is 12.1 Å². The summed E-state index contributed by atoms with van der Waals surface area (Å²) in [6, 6.07) is 2.02. The molecule has 0 bridgehead atoms. The normalized spacial score (nSPS) is 11.1. The summed E-state index contributed by atoms with van der Waals surface area (Å²) in [5.41, 5.74) is -0.105. The van der Waals surface area contributed by atoms with E-state index in [1.807, 2.05) is 5.32 Å². The van der Waals surface area contributed by atoms with Crippen molar-refractivity contribution in [1.82, 2.24) is 5.32 Å². The van der Waals surface area contributed by atoms with Crippen LogP contribution in [-0.4, -0.2) is 18.8 Å². The Hall–Kier alpha value is -1.50. The van der Waals surface area contributed by atoms with Crippen LogP contribution in [0, 0.1) is 5.82 Å². The first-order valence-electron chi connectivity index (χ1n) is 4.34. The van der Waals surface area contributed by atoms with Gasteiger partial charge in [0.05, 0.1) is 10.7 Å². The van der Waals surface area contributed by atoms with E-state index in [9.17, 15) is 22.4 Å². The number of hydrogen-bond acceptors (Lipinski definition) is 1. The Balaban J connectivity index is 2.59. The van der Waals surface area contributed by atoms with Crippen LogP contribution in [0.1, 0.15) is 0 Å². The molecule has 1 aromatic carbocycles. The number of nitrogens with one attached hydrogen (secondary N) is 2. The first-order valence-corrected chi connectivity index (χ1v) is 4.72. The van der Waals surface area contributed by atoms with Crippen LogP contribution in [0.25, 0.3) is 0 Å². The summed E-state index contributed by atoms with van der Waals surface area (Å²) in [7, 11) is 0. The summed E-state index contributed by atoms with van der Waals surface area (Å²) in [6.07, 6.45) is -4.51. The van der Waals surface area contributed by atoms with E-state index in [1.165, 1.54) is 6.07 Å². The smallest absolute Gasteiger partial charge is 0.329 e. The van der Waals surface area contributed by atoms with Gasteiger partial charge < -0.3 is 10.6 Å². The molecule has 0 unspecified atom stereocenters. The molecular weight excluding hydrogens is 264 g/mol. The maximum absolute atomic E-state index is 12.8. The maximum atomic E-state index is 12.8. The van der Waals surface area contributed by atoms with Gasteiger partial charge in [-0.1, -0.05) is 11.6 Å². The molecule has 0 radical (unpaired) electrons. The topological polar surface area (TPSA) is 41.1 Å². The van der Waals surface area contributed by atoms with Gasteiger partial charge in [-0.3, -0.25) is 0 Å². The number of carbonyl (C=O) groups is 1. The molecule has 0 saturated heterocycles. The average Bonchev–Trinajstić information content (AvgIpc) is 2.20. The minimum atomic E-state index is -4.51. The van der Waals surface area contributed by atoms with Crippen molar-refractivity contribution in [3.8, 4) is 0 Å². The molecule has 0 saturated carbocycles. The van der Waals surface area contributed by atoms with E-state index < -0.39 is 24.6 Å². The Kier molecular flexibility index (Phi) is 4.17. The van der Waals surface area contributed by atoms with Gasteiger partial charge in [-0.2, -0.15) is 13.2 Å². The van der Waals surface area contributed by atoms with Crippen molar-refractivity contribution in [2.45, 2.75) is 6.18 Å². The van der Waals surface area contributed by atoms with Gasteiger partial charge in [0.15, 0.2) is 0 Å². The fourth-order valence-electron chi connectivity index (χ4n) is 0.940. The maximum Gasteiger partial charge on any atom is 0.405 e. The Morgan fingerprint density at radius 3 is 2.59 bits per heavy atom. The second-order valence-corrected chi connectivity index (χ2v) is 3.45. The highest BCUT2D eigenvalue weighted by molar-refractivity contribution is 6.33. The molecule has 0 fully saturated rings. The van der Waals surface area contributed by atoms with Crippen LogP contribution in [0.2, 0.25) is 5.02 Å². The lowest BCUT2D eigenvalue weighted by molar-refractivity contribution is -0.122. The van der Waals surface area contributed by atoms with Crippen molar-refractivity contribution >= 4 is 23.3 Å². The zero-order chi connectivity index (χ0) is 13.1. The van der Waals surface area contributed by atoms with Gasteiger partial charge in [-0.15, -0.1) is 0 Å². The first-order chi connectivity index (χ1) is 7.78. The van der Waals surface area contributed by atoms with Crippen LogP contribution >= 0.6 is 11.6 Å². The summed E-state index contributed by atoms with van der Waals surface area (Å²) in [5.74, 6) is -0.666. The first kappa shape index (κ1) is 13.6. The predicted molar refractivity (Wildman–Crippen MR) is 54.5 cm³/mol. The average molecular weight is 271 g/mol. The number of urea groups is 1. The van der Waals surface area contributed by atoms with Crippen molar-refractivity contribution in [1.29, 1.82) is 0 Å². The molecule has 94 valence electrons. The predicted octanol–water partition coefficient (Wildman–Crippen LogP) is 3.16. The number of benzene rings is 1. The van der Waals surface area contributed by atoms with Crippen molar-refractivity contribution in [2.24, 2.45) is 0 Å². The highest BCUT2D eigenvalue weighted by Gasteiger charge is 2.27. The van der Waals surface area contributed by atoms with E-state index in [2.05, 4.69) is 0 Å². The fourth-order valence-corrected chi connectivity index (χ4v) is 1.11. The summed E-state index contributed by atoms with van der Waals surface area (Å²) in [5, 5.41) is 3.59. The number of halogens is 5. The second-order valence-electron chi connectivity index (χ2n) is 3.05. The third kappa shape index (κ3) is 4.90. The van der Waals surface area contributed by atoms with Crippen LogP contribution in [0.5, 0.6) is 0 Å². The minimum absolute atomic E-state index is 0.0218. The Morgan fingerprint density at radius 1 is 1.35 bits per heavy atom. The molecule has 0 aliphatic rings. The molecule has 0 spiro atoms.